The van der Waals surface area contributed by atoms with Gasteiger partial charge in [-0.3, -0.25) is 0 Å². The van der Waals surface area contributed by atoms with Crippen molar-refractivity contribution in [3.8, 4) is 5.75 Å². The average Bonchev–Trinajstić information content (AvgIpc) is 2.25. The summed E-state index contributed by atoms with van der Waals surface area (Å²) in [7, 11) is 0. The summed E-state index contributed by atoms with van der Waals surface area (Å²) in [6, 6.07) is 2.99. The van der Waals surface area contributed by atoms with Crippen LogP contribution >= 0.6 is 0 Å². The maximum Gasteiger partial charge on any atom is 0.354 e. The highest BCUT2D eigenvalue weighted by Crippen LogP contribution is 2.10. The lowest BCUT2D eigenvalue weighted by molar-refractivity contribution is 0.0689. The number of carbonyl (C=O) groups is 1. The number of ether oxygens (including phenoxy) is 2. The first-order valence-corrected chi connectivity index (χ1v) is 4.64. The highest BCUT2D eigenvalue weighted by Gasteiger charge is 2.05. The fourth-order valence-corrected chi connectivity index (χ4v) is 0.981. The van der Waals surface area contributed by atoms with Gasteiger partial charge in [-0.2, -0.15) is 0 Å². The monoisotopic (exact) mass is 211 g/mol. The number of hydrogen-bond acceptors (Lipinski definition) is 4. The standard InChI is InChI=1S/C10H13NO4/c1-2-14-5-6-15-8-3-4-11-9(7-8)10(12)13/h3-4,7H,2,5-6H2,1H3,(H,12,13). The lowest BCUT2D eigenvalue weighted by Crippen LogP contribution is -2.07. The second-order valence-electron chi connectivity index (χ2n) is 2.73. The van der Waals surface area contributed by atoms with Gasteiger partial charge < -0.3 is 14.6 Å². The molecule has 1 aromatic rings. The number of aromatic nitrogens is 1. The Morgan fingerprint density at radius 3 is 3.00 bits per heavy atom. The Bertz CT molecular complexity index is 327. The van der Waals surface area contributed by atoms with Gasteiger partial charge in [-0.05, 0) is 13.0 Å². The predicted molar refractivity (Wildman–Crippen MR) is 53.2 cm³/mol. The molecule has 82 valence electrons. The van der Waals surface area contributed by atoms with E-state index in [1.54, 1.807) is 6.07 Å². The number of rotatable bonds is 6. The van der Waals surface area contributed by atoms with E-state index in [0.717, 1.165) is 0 Å². The quantitative estimate of drug-likeness (QED) is 0.716. The number of nitrogens with zero attached hydrogens (tertiary/aromatic N) is 1. The smallest absolute Gasteiger partial charge is 0.354 e. The summed E-state index contributed by atoms with van der Waals surface area (Å²) in [6.45, 7) is 3.42. The Labute approximate surface area is 87.7 Å². The zero-order chi connectivity index (χ0) is 11.1. The molecular weight excluding hydrogens is 198 g/mol. The molecule has 0 aliphatic carbocycles. The predicted octanol–water partition coefficient (Wildman–Crippen LogP) is 1.20. The number of pyridine rings is 1. The van der Waals surface area contributed by atoms with Gasteiger partial charge in [-0.25, -0.2) is 9.78 Å². The van der Waals surface area contributed by atoms with Crippen molar-refractivity contribution in [3.05, 3.63) is 24.0 Å². The molecule has 0 aromatic carbocycles. The molecule has 0 aliphatic rings. The molecule has 0 amide bonds. The number of aromatic carboxylic acids is 1. The van der Waals surface area contributed by atoms with Crippen LogP contribution in [0.1, 0.15) is 17.4 Å². The zero-order valence-corrected chi connectivity index (χ0v) is 8.47. The molecule has 1 heterocycles. The van der Waals surface area contributed by atoms with Gasteiger partial charge in [0.25, 0.3) is 0 Å². The molecule has 0 radical (unpaired) electrons. The van der Waals surface area contributed by atoms with Gasteiger partial charge in [0.2, 0.25) is 0 Å². The van der Waals surface area contributed by atoms with E-state index in [1.807, 2.05) is 6.92 Å². The Kier molecular flexibility index (Phi) is 4.56. The molecule has 0 saturated carbocycles. The molecule has 5 nitrogen and oxygen atoms in total. The maximum absolute atomic E-state index is 10.6. The van der Waals surface area contributed by atoms with Crippen LogP contribution in [0, 0.1) is 0 Å². The van der Waals surface area contributed by atoms with Crippen LogP contribution in [0.4, 0.5) is 0 Å². The molecule has 1 N–H and O–H groups in total. The van der Waals surface area contributed by atoms with Gasteiger partial charge in [0.15, 0.2) is 5.69 Å². The number of hydrogen-bond donors (Lipinski definition) is 1. The first kappa shape index (κ1) is 11.5. The Morgan fingerprint density at radius 2 is 2.33 bits per heavy atom. The first-order valence-electron chi connectivity index (χ1n) is 4.64. The summed E-state index contributed by atoms with van der Waals surface area (Å²) in [5, 5.41) is 8.68. The summed E-state index contributed by atoms with van der Waals surface area (Å²) in [5.41, 5.74) is -0.0242. The summed E-state index contributed by atoms with van der Waals surface area (Å²) < 4.78 is 10.3. The molecule has 0 unspecified atom stereocenters. The second kappa shape index (κ2) is 5.98. The summed E-state index contributed by atoms with van der Waals surface area (Å²) in [5.74, 6) is -0.577. The van der Waals surface area contributed by atoms with E-state index >= 15 is 0 Å². The van der Waals surface area contributed by atoms with Crippen molar-refractivity contribution in [1.82, 2.24) is 4.98 Å². The topological polar surface area (TPSA) is 68.7 Å². The van der Waals surface area contributed by atoms with E-state index in [9.17, 15) is 4.79 Å². The van der Waals surface area contributed by atoms with Crippen molar-refractivity contribution in [2.75, 3.05) is 19.8 Å². The number of carboxylic acid groups (broad SMARTS) is 1. The Balaban J connectivity index is 2.47. The van der Waals surface area contributed by atoms with Crippen LogP contribution in [0.15, 0.2) is 18.3 Å². The molecule has 0 bridgehead atoms. The lowest BCUT2D eigenvalue weighted by Gasteiger charge is -2.05. The van der Waals surface area contributed by atoms with Crippen molar-refractivity contribution in [2.24, 2.45) is 0 Å². The van der Waals surface area contributed by atoms with Crippen molar-refractivity contribution >= 4 is 5.97 Å². The van der Waals surface area contributed by atoms with E-state index in [2.05, 4.69) is 4.98 Å². The highest BCUT2D eigenvalue weighted by atomic mass is 16.5. The largest absolute Gasteiger partial charge is 0.491 e. The molecule has 0 atom stereocenters. The molecule has 1 aromatic heterocycles. The molecule has 0 fully saturated rings. The van der Waals surface area contributed by atoms with Crippen LogP contribution in [0.5, 0.6) is 5.75 Å². The van der Waals surface area contributed by atoms with E-state index in [-0.39, 0.29) is 5.69 Å². The van der Waals surface area contributed by atoms with Crippen LogP contribution in [0.2, 0.25) is 0 Å². The second-order valence-corrected chi connectivity index (χ2v) is 2.73. The summed E-state index contributed by atoms with van der Waals surface area (Å²) in [6.07, 6.45) is 1.40. The molecule has 15 heavy (non-hydrogen) atoms. The zero-order valence-electron chi connectivity index (χ0n) is 8.47. The first-order chi connectivity index (χ1) is 7.24. The average molecular weight is 211 g/mol. The minimum Gasteiger partial charge on any atom is -0.491 e. The summed E-state index contributed by atoms with van der Waals surface area (Å²) >= 11 is 0. The van der Waals surface area contributed by atoms with E-state index in [0.29, 0.717) is 25.6 Å². The number of carboxylic acids is 1. The van der Waals surface area contributed by atoms with Crippen molar-refractivity contribution in [2.45, 2.75) is 6.92 Å². The van der Waals surface area contributed by atoms with Gasteiger partial charge in [-0.15, -0.1) is 0 Å². The Hall–Kier alpha value is -1.62. The van der Waals surface area contributed by atoms with Gasteiger partial charge in [-0.1, -0.05) is 0 Å². The molecule has 0 aliphatic heterocycles. The minimum atomic E-state index is -1.06. The van der Waals surface area contributed by atoms with Gasteiger partial charge in [0.05, 0.1) is 6.61 Å². The van der Waals surface area contributed by atoms with Crippen LogP contribution in [0.25, 0.3) is 0 Å². The SMILES string of the molecule is CCOCCOc1ccnc(C(=O)O)c1. The molecular formula is C10H13NO4. The summed E-state index contributed by atoms with van der Waals surface area (Å²) in [4.78, 5) is 14.3. The van der Waals surface area contributed by atoms with Crippen molar-refractivity contribution < 1.29 is 19.4 Å². The van der Waals surface area contributed by atoms with Crippen molar-refractivity contribution in [3.63, 3.8) is 0 Å². The van der Waals surface area contributed by atoms with Crippen LogP contribution in [-0.2, 0) is 4.74 Å². The molecule has 0 spiro atoms. The van der Waals surface area contributed by atoms with Gasteiger partial charge in [0.1, 0.15) is 12.4 Å². The maximum atomic E-state index is 10.6. The van der Waals surface area contributed by atoms with Crippen LogP contribution in [-0.4, -0.2) is 35.9 Å². The van der Waals surface area contributed by atoms with Crippen molar-refractivity contribution in [1.29, 1.82) is 0 Å². The van der Waals surface area contributed by atoms with E-state index in [1.165, 1.54) is 12.3 Å². The van der Waals surface area contributed by atoms with Crippen LogP contribution < -0.4 is 4.74 Å². The fraction of sp³-hybridized carbons (Fsp3) is 0.400. The molecule has 5 heteroatoms. The Morgan fingerprint density at radius 1 is 1.53 bits per heavy atom. The molecule has 0 saturated heterocycles. The highest BCUT2D eigenvalue weighted by molar-refractivity contribution is 5.85. The third-order valence-corrected chi connectivity index (χ3v) is 1.65. The van der Waals surface area contributed by atoms with Gasteiger partial charge >= 0.3 is 5.97 Å². The van der Waals surface area contributed by atoms with E-state index < -0.39 is 5.97 Å². The minimum absolute atomic E-state index is 0.0242. The molecule has 1 rings (SSSR count). The van der Waals surface area contributed by atoms with E-state index in [4.69, 9.17) is 14.6 Å². The normalized spacial score (nSPS) is 9.93. The van der Waals surface area contributed by atoms with Gasteiger partial charge in [0, 0.05) is 18.9 Å². The third kappa shape index (κ3) is 3.95. The third-order valence-electron chi connectivity index (χ3n) is 1.65. The lowest BCUT2D eigenvalue weighted by atomic mass is 10.3. The fourth-order valence-electron chi connectivity index (χ4n) is 0.981. The van der Waals surface area contributed by atoms with Crippen LogP contribution in [0.3, 0.4) is 0 Å².